The molecule has 4 aromatic rings. The van der Waals surface area contributed by atoms with Crippen molar-refractivity contribution in [1.29, 1.82) is 0 Å². The second-order valence-corrected chi connectivity index (χ2v) is 14.9. The van der Waals surface area contributed by atoms with Crippen molar-refractivity contribution in [3.8, 4) is 0 Å². The Labute approximate surface area is 284 Å². The number of pyridine rings is 1. The quantitative estimate of drug-likeness (QED) is 0.253. The molecule has 4 fully saturated rings. The van der Waals surface area contributed by atoms with Crippen LogP contribution < -0.4 is 0 Å². The van der Waals surface area contributed by atoms with E-state index < -0.39 is 5.97 Å². The zero-order valence-electron chi connectivity index (χ0n) is 28.2. The number of likely N-dealkylation sites (tertiary alicyclic amines) is 2. The van der Waals surface area contributed by atoms with Crippen LogP contribution in [-0.4, -0.2) is 94.1 Å². The lowest BCUT2D eigenvalue weighted by Crippen LogP contribution is -2.59. The van der Waals surface area contributed by atoms with E-state index >= 15 is 0 Å². The van der Waals surface area contributed by atoms with Crippen LogP contribution >= 0.6 is 0 Å². The average molecular weight is 670 g/mol. The highest BCUT2D eigenvalue weighted by Crippen LogP contribution is 2.48. The summed E-state index contributed by atoms with van der Waals surface area (Å²) in [6, 6.07) is 4.95. The van der Waals surface area contributed by atoms with Gasteiger partial charge in [0.05, 0.1) is 29.9 Å². The van der Waals surface area contributed by atoms with Crippen LogP contribution in [0.2, 0.25) is 0 Å². The lowest BCUT2D eigenvalue weighted by Gasteiger charge is -2.48. The van der Waals surface area contributed by atoms with Crippen LogP contribution in [0.3, 0.4) is 0 Å². The van der Waals surface area contributed by atoms with E-state index in [1.807, 2.05) is 17.8 Å². The number of aromatic nitrogens is 7. The van der Waals surface area contributed by atoms with Gasteiger partial charge in [-0.15, -0.1) is 0 Å². The monoisotopic (exact) mass is 669 g/mol. The summed E-state index contributed by atoms with van der Waals surface area (Å²) in [7, 11) is 0. The van der Waals surface area contributed by atoms with E-state index in [2.05, 4.69) is 35.2 Å². The molecule has 2 unspecified atom stereocenters. The molecule has 1 spiro atoms. The van der Waals surface area contributed by atoms with Gasteiger partial charge in [-0.05, 0) is 55.7 Å². The molecule has 2 amide bonds. The molecule has 4 aliphatic rings. The van der Waals surface area contributed by atoms with E-state index in [0.717, 1.165) is 23.1 Å². The Hall–Kier alpha value is -4.88. The standard InChI is InChI=1S/C30H33N9O5.C5H10/c1-19(39-9-8-24(34-39)21-4-2-3-5-21)27-33-26(35-44-27)23-14-37(17-30(23)15-36(16-30)18-40)28(41)22-11-32-38(13-22)12-20-6-7-25(29(42)43)31-10-20;1-5(2)3-4-5/h6-11,13,18-19,21,23H,2-5,12,14-17H2,1H3,(H,42,43);3-4H2,1-2H3. The molecule has 2 atom stereocenters. The maximum absolute atomic E-state index is 13.6. The Morgan fingerprint density at radius 1 is 1.10 bits per heavy atom. The van der Waals surface area contributed by atoms with E-state index in [4.69, 9.17) is 19.7 Å². The molecule has 2 saturated heterocycles. The summed E-state index contributed by atoms with van der Waals surface area (Å²) in [5, 5.41) is 22.6. The highest BCUT2D eigenvalue weighted by Gasteiger charge is 2.57. The van der Waals surface area contributed by atoms with Crippen molar-refractivity contribution in [2.24, 2.45) is 10.8 Å². The smallest absolute Gasteiger partial charge is 0.354 e. The molecule has 1 N–H and O–H groups in total. The van der Waals surface area contributed by atoms with Crippen molar-refractivity contribution >= 4 is 18.3 Å². The van der Waals surface area contributed by atoms with E-state index in [1.165, 1.54) is 57.0 Å². The third kappa shape index (κ3) is 6.86. The number of carbonyl (C=O) groups is 3. The van der Waals surface area contributed by atoms with Gasteiger partial charge in [0, 0.05) is 56.1 Å². The summed E-state index contributed by atoms with van der Waals surface area (Å²) >= 11 is 0. The fraction of sp³-hybridized carbons (Fsp3) is 0.543. The Morgan fingerprint density at radius 2 is 1.86 bits per heavy atom. The number of nitrogens with zero attached hydrogens (tertiary/aromatic N) is 9. The van der Waals surface area contributed by atoms with Gasteiger partial charge in [0.15, 0.2) is 5.82 Å². The molecule has 4 aromatic heterocycles. The molecule has 258 valence electrons. The molecular weight excluding hydrogens is 626 g/mol. The first kappa shape index (κ1) is 32.7. The minimum Gasteiger partial charge on any atom is -0.477 e. The number of carboxylic acid groups (broad SMARTS) is 1. The molecule has 2 aliphatic heterocycles. The number of rotatable bonds is 9. The number of carboxylic acids is 1. The van der Waals surface area contributed by atoms with Gasteiger partial charge in [0.25, 0.3) is 11.8 Å². The number of carbonyl (C=O) groups excluding carboxylic acids is 2. The second kappa shape index (κ2) is 12.9. The predicted molar refractivity (Wildman–Crippen MR) is 176 cm³/mol. The predicted octanol–water partition coefficient (Wildman–Crippen LogP) is 4.38. The highest BCUT2D eigenvalue weighted by atomic mass is 16.5. The SMILES string of the molecule is CC(c1nc(C2CN(C(=O)c3cnn(Cc4ccc(C(=O)O)nc4)c3)CC23CN(C=O)C3)no1)n1ccc(C2CCCC2)n1.CC1(C)CC1. The van der Waals surface area contributed by atoms with Gasteiger partial charge in [0.1, 0.15) is 11.7 Å². The molecule has 0 radical (unpaired) electrons. The molecule has 14 nitrogen and oxygen atoms in total. The molecule has 49 heavy (non-hydrogen) atoms. The topological polar surface area (TPSA) is 165 Å². The van der Waals surface area contributed by atoms with Crippen LogP contribution in [-0.2, 0) is 11.3 Å². The first-order valence-electron chi connectivity index (χ1n) is 17.1. The number of aromatic carboxylic acids is 1. The van der Waals surface area contributed by atoms with Gasteiger partial charge in [0.2, 0.25) is 6.41 Å². The van der Waals surface area contributed by atoms with Gasteiger partial charge in [-0.25, -0.2) is 9.78 Å². The van der Waals surface area contributed by atoms with E-state index in [0.29, 0.717) is 55.9 Å². The van der Waals surface area contributed by atoms with Crippen LogP contribution in [0.25, 0.3) is 0 Å². The zero-order valence-corrected chi connectivity index (χ0v) is 28.2. The lowest BCUT2D eigenvalue weighted by atomic mass is 9.71. The number of amides is 2. The summed E-state index contributed by atoms with van der Waals surface area (Å²) in [6.45, 7) is 8.77. The molecule has 0 aromatic carbocycles. The third-order valence-corrected chi connectivity index (χ3v) is 10.6. The fourth-order valence-electron chi connectivity index (χ4n) is 7.14. The Morgan fingerprint density at radius 3 is 2.51 bits per heavy atom. The minimum atomic E-state index is -1.09. The van der Waals surface area contributed by atoms with Gasteiger partial charge in [-0.2, -0.15) is 15.2 Å². The molecule has 2 saturated carbocycles. The van der Waals surface area contributed by atoms with Crippen LogP contribution in [0.1, 0.15) is 121 Å². The molecule has 2 aliphatic carbocycles. The number of hydrogen-bond donors (Lipinski definition) is 1. The zero-order chi connectivity index (χ0) is 34.3. The molecule has 8 rings (SSSR count). The minimum absolute atomic E-state index is 0.0373. The maximum atomic E-state index is 13.6. The summed E-state index contributed by atoms with van der Waals surface area (Å²) in [4.78, 5) is 48.4. The first-order valence-corrected chi connectivity index (χ1v) is 17.1. The number of hydrogen-bond acceptors (Lipinski definition) is 9. The van der Waals surface area contributed by atoms with Gasteiger partial charge in [-0.1, -0.05) is 37.9 Å². The Bertz CT molecular complexity index is 1810. The Kier molecular flexibility index (Phi) is 8.57. The first-order chi connectivity index (χ1) is 23.5. The third-order valence-electron chi connectivity index (χ3n) is 10.6. The largest absolute Gasteiger partial charge is 0.477 e. The molecule has 14 heteroatoms. The van der Waals surface area contributed by atoms with Crippen molar-refractivity contribution < 1.29 is 24.0 Å². The maximum Gasteiger partial charge on any atom is 0.354 e. The van der Waals surface area contributed by atoms with Gasteiger partial charge < -0.3 is 19.4 Å². The van der Waals surface area contributed by atoms with Crippen LogP contribution in [0, 0.1) is 10.8 Å². The normalized spacial score (nSPS) is 21.2. The summed E-state index contributed by atoms with van der Waals surface area (Å²) in [6.07, 6.45) is 15.2. The van der Waals surface area contributed by atoms with Crippen LogP contribution in [0.4, 0.5) is 0 Å². The molecule has 0 bridgehead atoms. The van der Waals surface area contributed by atoms with Crippen LogP contribution in [0.5, 0.6) is 0 Å². The van der Waals surface area contributed by atoms with Crippen molar-refractivity contribution in [2.45, 2.75) is 83.7 Å². The second-order valence-electron chi connectivity index (χ2n) is 14.9. The van der Waals surface area contributed by atoms with Crippen molar-refractivity contribution in [3.63, 3.8) is 0 Å². The Balaban J connectivity index is 0.000000695. The van der Waals surface area contributed by atoms with Crippen molar-refractivity contribution in [1.82, 2.24) is 44.5 Å². The summed E-state index contributed by atoms with van der Waals surface area (Å²) in [5.74, 6) is 0.0366. The van der Waals surface area contributed by atoms with E-state index in [1.54, 1.807) is 26.7 Å². The van der Waals surface area contributed by atoms with Crippen molar-refractivity contribution in [3.05, 3.63) is 77.2 Å². The van der Waals surface area contributed by atoms with Gasteiger partial charge >= 0.3 is 5.97 Å². The van der Waals surface area contributed by atoms with E-state index in [9.17, 15) is 14.4 Å². The fourth-order valence-corrected chi connectivity index (χ4v) is 7.14. The van der Waals surface area contributed by atoms with Gasteiger partial charge in [-0.3, -0.25) is 19.0 Å². The summed E-state index contributed by atoms with van der Waals surface area (Å²) in [5.41, 5.74) is 2.65. The summed E-state index contributed by atoms with van der Waals surface area (Å²) < 4.78 is 9.23. The molecular formula is C35H43N9O5. The molecule has 6 heterocycles. The van der Waals surface area contributed by atoms with Crippen LogP contribution in [0.15, 0.2) is 47.5 Å². The lowest BCUT2D eigenvalue weighted by molar-refractivity contribution is -0.129. The average Bonchev–Trinajstić information content (AvgIpc) is 3.79. The highest BCUT2D eigenvalue weighted by molar-refractivity contribution is 5.94. The van der Waals surface area contributed by atoms with Crippen molar-refractivity contribution in [2.75, 3.05) is 26.2 Å². The van der Waals surface area contributed by atoms with E-state index in [-0.39, 0.29) is 29.0 Å².